The topological polar surface area (TPSA) is 235 Å². The number of rotatable bonds is 5. The van der Waals surface area contributed by atoms with E-state index in [0.29, 0.717) is 37.7 Å². The number of allylic oxidation sites excluding steroid dienone is 1. The van der Waals surface area contributed by atoms with Crippen LogP contribution in [-0.2, 0) is 19.1 Å². The van der Waals surface area contributed by atoms with Crippen molar-refractivity contribution >= 4 is 11.8 Å². The van der Waals surface area contributed by atoms with Crippen LogP contribution in [0, 0.1) is 50.2 Å². The van der Waals surface area contributed by atoms with Gasteiger partial charge in [-0.25, -0.2) is 0 Å². The minimum Gasteiger partial charge on any atom is -0.432 e. The van der Waals surface area contributed by atoms with Crippen molar-refractivity contribution < 1.29 is 65.0 Å². The zero-order chi connectivity index (χ0) is 36.3. The van der Waals surface area contributed by atoms with Crippen LogP contribution in [0.25, 0.3) is 0 Å². The standard InChI is InChI=1S/C36H56O13/c1-31(2)8-10-35(30(47)49-29-25(44)24(43)23(42)20(14-37)48-29)11-9-33(4)17(22(35)28(31)46)12-18(40)26-32(3)13-19(41)27(45)36(15-38,16-39)21(32)6-7-34(26,33)5/h12,19-29,37-39,41-46H,6-11,13-16H2,1-5H3/t19-,20-,21-,22-,23-,24+,25-,26-,27+,28+,29+,32+,33-,34-,35+/m1/s1. The van der Waals surface area contributed by atoms with E-state index in [1.165, 1.54) is 0 Å². The quantitative estimate of drug-likeness (QED) is 0.166. The number of fused-ring (bicyclic) bond motifs is 7. The highest BCUT2D eigenvalue weighted by atomic mass is 16.7. The van der Waals surface area contributed by atoms with Crippen LogP contribution in [0.5, 0.6) is 0 Å². The molecule has 0 spiro atoms. The first-order valence-electron chi connectivity index (χ1n) is 17.8. The number of hydrogen-bond acceptors (Lipinski definition) is 13. The molecule has 6 rings (SSSR count). The van der Waals surface area contributed by atoms with Crippen molar-refractivity contribution in [1.82, 2.24) is 0 Å². The number of aliphatic hydroxyl groups excluding tert-OH is 9. The van der Waals surface area contributed by atoms with Crippen molar-refractivity contribution in [2.75, 3.05) is 19.8 Å². The fourth-order valence-corrected chi connectivity index (χ4v) is 12.0. The maximum absolute atomic E-state index is 14.7. The Hall–Kier alpha value is -1.52. The number of hydrogen-bond donors (Lipinski definition) is 9. The van der Waals surface area contributed by atoms with E-state index in [1.54, 1.807) is 6.08 Å². The van der Waals surface area contributed by atoms with Gasteiger partial charge in [-0.3, -0.25) is 9.59 Å². The Labute approximate surface area is 286 Å². The maximum atomic E-state index is 14.7. The number of carbonyl (C=O) groups excluding carboxylic acids is 2. The molecule has 278 valence electrons. The van der Waals surface area contributed by atoms with E-state index < -0.39 is 125 Å². The van der Waals surface area contributed by atoms with Crippen LogP contribution in [0.4, 0.5) is 0 Å². The molecule has 0 radical (unpaired) electrons. The lowest BCUT2D eigenvalue weighted by molar-refractivity contribution is -0.298. The van der Waals surface area contributed by atoms with Gasteiger partial charge in [-0.05, 0) is 78.6 Å². The Morgan fingerprint density at radius 1 is 0.857 bits per heavy atom. The molecule has 15 atom stereocenters. The first-order valence-corrected chi connectivity index (χ1v) is 17.8. The molecule has 49 heavy (non-hydrogen) atoms. The Kier molecular flexibility index (Phi) is 9.13. The summed E-state index contributed by atoms with van der Waals surface area (Å²) in [6.45, 7) is 8.07. The summed E-state index contributed by atoms with van der Waals surface area (Å²) in [5.74, 6) is -2.98. The van der Waals surface area contributed by atoms with Gasteiger partial charge in [0.2, 0.25) is 6.29 Å². The van der Waals surface area contributed by atoms with E-state index in [-0.39, 0.29) is 18.6 Å². The number of aliphatic hydroxyl groups is 9. The fraction of sp³-hybridized carbons (Fsp3) is 0.889. The van der Waals surface area contributed by atoms with E-state index >= 15 is 0 Å². The average molecular weight is 697 g/mol. The third-order valence-electron chi connectivity index (χ3n) is 15.2. The summed E-state index contributed by atoms with van der Waals surface area (Å²) in [6.07, 6.45) is -7.76. The van der Waals surface area contributed by atoms with Crippen LogP contribution in [0.3, 0.4) is 0 Å². The zero-order valence-electron chi connectivity index (χ0n) is 29.2. The largest absolute Gasteiger partial charge is 0.432 e. The lowest BCUT2D eigenvalue weighted by Gasteiger charge is -2.71. The number of carbonyl (C=O) groups is 2. The summed E-state index contributed by atoms with van der Waals surface area (Å²) >= 11 is 0. The van der Waals surface area contributed by atoms with Gasteiger partial charge in [0, 0.05) is 17.3 Å². The Balaban J connectivity index is 1.43. The number of esters is 1. The normalized spacial score (nSPS) is 51.8. The highest BCUT2D eigenvalue weighted by molar-refractivity contribution is 5.96. The zero-order valence-corrected chi connectivity index (χ0v) is 29.2. The molecule has 13 nitrogen and oxygen atoms in total. The first kappa shape index (κ1) is 37.2. The summed E-state index contributed by atoms with van der Waals surface area (Å²) in [6, 6.07) is 0. The molecular formula is C36H56O13. The minimum atomic E-state index is -1.80. The Morgan fingerprint density at radius 3 is 2.10 bits per heavy atom. The predicted octanol–water partition coefficient (Wildman–Crippen LogP) is -0.442. The number of ether oxygens (including phenoxy) is 2. The van der Waals surface area contributed by atoms with Gasteiger partial charge in [-0.1, -0.05) is 40.2 Å². The molecule has 0 aromatic carbocycles. The van der Waals surface area contributed by atoms with Gasteiger partial charge in [0.15, 0.2) is 5.78 Å². The van der Waals surface area contributed by atoms with E-state index in [2.05, 4.69) is 13.8 Å². The highest BCUT2D eigenvalue weighted by Crippen LogP contribution is 2.75. The summed E-state index contributed by atoms with van der Waals surface area (Å²) in [4.78, 5) is 29.1. The molecule has 1 aliphatic heterocycles. The fourth-order valence-electron chi connectivity index (χ4n) is 12.0. The van der Waals surface area contributed by atoms with E-state index in [1.807, 2.05) is 20.8 Å². The van der Waals surface area contributed by atoms with E-state index in [9.17, 15) is 55.5 Å². The summed E-state index contributed by atoms with van der Waals surface area (Å²) in [5, 5.41) is 96.5. The molecule has 1 saturated heterocycles. The monoisotopic (exact) mass is 696 g/mol. The molecule has 9 N–H and O–H groups in total. The first-order chi connectivity index (χ1) is 22.8. The molecular weight excluding hydrogens is 640 g/mol. The van der Waals surface area contributed by atoms with Crippen LogP contribution >= 0.6 is 0 Å². The second-order valence-electron chi connectivity index (χ2n) is 17.7. The molecule has 1 heterocycles. The van der Waals surface area contributed by atoms with E-state index in [0.717, 1.165) is 0 Å². The molecule has 0 aromatic heterocycles. The van der Waals surface area contributed by atoms with Crippen molar-refractivity contribution in [3.8, 4) is 0 Å². The molecule has 6 aliphatic rings. The van der Waals surface area contributed by atoms with Gasteiger partial charge in [0.05, 0.1) is 43.5 Å². The van der Waals surface area contributed by atoms with Gasteiger partial charge in [0.25, 0.3) is 0 Å². The van der Waals surface area contributed by atoms with Gasteiger partial charge in [-0.15, -0.1) is 0 Å². The molecule has 0 amide bonds. The van der Waals surface area contributed by atoms with Gasteiger partial charge in [0.1, 0.15) is 24.4 Å². The van der Waals surface area contributed by atoms with Gasteiger partial charge < -0.3 is 55.4 Å². The van der Waals surface area contributed by atoms with Crippen molar-refractivity contribution in [1.29, 1.82) is 0 Å². The second-order valence-corrected chi connectivity index (χ2v) is 17.7. The second kappa shape index (κ2) is 12.0. The third-order valence-corrected chi connectivity index (χ3v) is 15.2. The molecule has 5 fully saturated rings. The molecule has 4 saturated carbocycles. The van der Waals surface area contributed by atoms with Gasteiger partial charge >= 0.3 is 5.97 Å². The average Bonchev–Trinajstić information content (AvgIpc) is 3.04. The van der Waals surface area contributed by atoms with Crippen LogP contribution in [0.2, 0.25) is 0 Å². The molecule has 0 bridgehead atoms. The smallest absolute Gasteiger partial charge is 0.315 e. The maximum Gasteiger partial charge on any atom is 0.315 e. The molecule has 0 unspecified atom stereocenters. The molecule has 13 heteroatoms. The van der Waals surface area contributed by atoms with Crippen LogP contribution in [-0.4, -0.2) is 127 Å². The lowest BCUT2D eigenvalue weighted by Crippen LogP contribution is -2.71. The molecule has 0 aromatic rings. The van der Waals surface area contributed by atoms with Crippen LogP contribution in [0.1, 0.15) is 79.6 Å². The van der Waals surface area contributed by atoms with Crippen LogP contribution < -0.4 is 0 Å². The molecule has 5 aliphatic carbocycles. The SMILES string of the molecule is CC1(C)CC[C@]2(C(=O)O[C@@H]3O[C@H](CO)[C@@H](O)[C@H](O)[C@H]3O)CC[C@]3(C)C(=CC(=O)[C@@H]4[C@@]5(C)C[C@@H](O)[C@H](O)C(CO)(CO)[C@@H]5CC[C@]43C)[C@@H]2[C@@H]1O. The van der Waals surface area contributed by atoms with Crippen molar-refractivity contribution in [2.45, 2.75) is 129 Å². The van der Waals surface area contributed by atoms with Gasteiger partial charge in [-0.2, -0.15) is 0 Å². The van der Waals surface area contributed by atoms with Crippen LogP contribution in [0.15, 0.2) is 11.6 Å². The summed E-state index contributed by atoms with van der Waals surface area (Å²) in [7, 11) is 0. The summed E-state index contributed by atoms with van der Waals surface area (Å²) < 4.78 is 11.3. The third kappa shape index (κ3) is 4.80. The predicted molar refractivity (Wildman–Crippen MR) is 171 cm³/mol. The Bertz CT molecular complexity index is 1360. The van der Waals surface area contributed by atoms with E-state index in [4.69, 9.17) is 9.47 Å². The van der Waals surface area contributed by atoms with Crippen molar-refractivity contribution in [2.24, 2.45) is 50.2 Å². The minimum absolute atomic E-state index is 0.0975. The Morgan fingerprint density at radius 2 is 1.49 bits per heavy atom. The lowest BCUT2D eigenvalue weighted by atomic mass is 9.33. The van der Waals surface area contributed by atoms with Crippen molar-refractivity contribution in [3.63, 3.8) is 0 Å². The number of ketones is 1. The van der Waals surface area contributed by atoms with Crippen molar-refractivity contribution in [3.05, 3.63) is 11.6 Å². The summed E-state index contributed by atoms with van der Waals surface area (Å²) in [5.41, 5.74) is -5.08. The highest BCUT2D eigenvalue weighted by Gasteiger charge is 2.74.